The molecule has 3 aromatic rings. The second kappa shape index (κ2) is 8.66. The third-order valence-corrected chi connectivity index (χ3v) is 5.85. The van der Waals surface area contributed by atoms with Crippen LogP contribution in [-0.4, -0.2) is 43.5 Å². The van der Waals surface area contributed by atoms with Crippen molar-refractivity contribution in [3.8, 4) is 0 Å². The van der Waals surface area contributed by atoms with E-state index in [1.807, 2.05) is 24.3 Å². The molecule has 0 saturated carbocycles. The number of piperazine rings is 1. The SMILES string of the molecule is CCN1CCN(c2ccc(NC(=O)Cc3ccc4ccccc4c3)c(C)c2)CC1. The first kappa shape index (κ1) is 19.5. The second-order valence-electron chi connectivity index (χ2n) is 7.83. The van der Waals surface area contributed by atoms with Gasteiger partial charge < -0.3 is 15.1 Å². The van der Waals surface area contributed by atoms with Crippen LogP contribution in [0.2, 0.25) is 0 Å². The fourth-order valence-electron chi connectivity index (χ4n) is 4.04. The van der Waals surface area contributed by atoms with Gasteiger partial charge in [-0.05, 0) is 53.6 Å². The standard InChI is InChI=1S/C25H29N3O/c1-3-27-12-14-28(15-13-27)23-10-11-24(19(2)16-23)26-25(29)18-20-8-9-21-6-4-5-7-22(21)17-20/h4-11,16-17H,3,12-15,18H2,1-2H3,(H,26,29). The van der Waals surface area contributed by atoms with E-state index in [1.165, 1.54) is 16.5 Å². The number of carbonyl (C=O) groups is 1. The average molecular weight is 388 g/mol. The van der Waals surface area contributed by atoms with Gasteiger partial charge in [0.25, 0.3) is 0 Å². The summed E-state index contributed by atoms with van der Waals surface area (Å²) < 4.78 is 0. The summed E-state index contributed by atoms with van der Waals surface area (Å²) in [6.07, 6.45) is 0.380. The summed E-state index contributed by atoms with van der Waals surface area (Å²) in [5.41, 5.74) is 4.27. The molecule has 1 aliphatic heterocycles. The highest BCUT2D eigenvalue weighted by Crippen LogP contribution is 2.24. The smallest absolute Gasteiger partial charge is 0.228 e. The summed E-state index contributed by atoms with van der Waals surface area (Å²) in [5, 5.41) is 5.45. The van der Waals surface area contributed by atoms with Crippen LogP contribution in [0.15, 0.2) is 60.7 Å². The number of rotatable bonds is 5. The zero-order valence-electron chi connectivity index (χ0n) is 17.3. The number of likely N-dealkylation sites (N-methyl/N-ethyl adjacent to an activating group) is 1. The van der Waals surface area contributed by atoms with Crippen LogP contribution >= 0.6 is 0 Å². The van der Waals surface area contributed by atoms with Crippen molar-refractivity contribution in [1.29, 1.82) is 0 Å². The number of aryl methyl sites for hydroxylation is 1. The Morgan fingerprint density at radius 3 is 2.41 bits per heavy atom. The van der Waals surface area contributed by atoms with Gasteiger partial charge in [-0.3, -0.25) is 4.79 Å². The van der Waals surface area contributed by atoms with Crippen LogP contribution in [0, 0.1) is 6.92 Å². The van der Waals surface area contributed by atoms with Crippen molar-refractivity contribution in [2.24, 2.45) is 0 Å². The molecule has 1 aliphatic rings. The van der Waals surface area contributed by atoms with Crippen LogP contribution in [0.3, 0.4) is 0 Å². The van der Waals surface area contributed by atoms with Crippen molar-refractivity contribution in [2.75, 3.05) is 42.9 Å². The highest BCUT2D eigenvalue weighted by molar-refractivity contribution is 5.94. The zero-order chi connectivity index (χ0) is 20.2. The van der Waals surface area contributed by atoms with Gasteiger partial charge in [-0.25, -0.2) is 0 Å². The number of benzene rings is 3. The van der Waals surface area contributed by atoms with Gasteiger partial charge in [-0.1, -0.05) is 49.4 Å². The van der Waals surface area contributed by atoms with Crippen molar-refractivity contribution >= 4 is 28.1 Å². The molecule has 0 bridgehead atoms. The molecular weight excluding hydrogens is 358 g/mol. The maximum Gasteiger partial charge on any atom is 0.228 e. The molecule has 0 unspecified atom stereocenters. The number of carbonyl (C=O) groups excluding carboxylic acids is 1. The Morgan fingerprint density at radius 2 is 1.69 bits per heavy atom. The highest BCUT2D eigenvalue weighted by Gasteiger charge is 2.16. The third-order valence-electron chi connectivity index (χ3n) is 5.85. The summed E-state index contributed by atoms with van der Waals surface area (Å²) >= 11 is 0. The molecule has 4 heteroatoms. The Hall–Kier alpha value is -2.85. The topological polar surface area (TPSA) is 35.6 Å². The van der Waals surface area contributed by atoms with Crippen LogP contribution < -0.4 is 10.2 Å². The van der Waals surface area contributed by atoms with Crippen LogP contribution in [0.1, 0.15) is 18.1 Å². The lowest BCUT2D eigenvalue weighted by Crippen LogP contribution is -2.46. The van der Waals surface area contributed by atoms with Crippen molar-refractivity contribution in [2.45, 2.75) is 20.3 Å². The number of nitrogens with one attached hydrogen (secondary N) is 1. The Labute approximate surface area is 173 Å². The molecule has 0 aliphatic carbocycles. The molecule has 1 N–H and O–H groups in total. The fourth-order valence-corrected chi connectivity index (χ4v) is 4.04. The average Bonchev–Trinajstić information content (AvgIpc) is 2.75. The Bertz CT molecular complexity index is 1010. The van der Waals surface area contributed by atoms with E-state index in [1.54, 1.807) is 0 Å². The van der Waals surface area contributed by atoms with Crippen LogP contribution in [0.4, 0.5) is 11.4 Å². The van der Waals surface area contributed by atoms with Gasteiger partial charge >= 0.3 is 0 Å². The van der Waals surface area contributed by atoms with E-state index in [0.717, 1.165) is 49.5 Å². The predicted octanol–water partition coefficient (Wildman–Crippen LogP) is 4.47. The predicted molar refractivity (Wildman–Crippen MR) is 122 cm³/mol. The Balaban J connectivity index is 1.40. The molecule has 4 rings (SSSR count). The maximum atomic E-state index is 12.6. The fraction of sp³-hybridized carbons (Fsp3) is 0.320. The summed E-state index contributed by atoms with van der Waals surface area (Å²) in [6, 6.07) is 20.8. The molecule has 0 spiro atoms. The lowest BCUT2D eigenvalue weighted by atomic mass is 10.0. The van der Waals surface area contributed by atoms with Gasteiger partial charge in [0.05, 0.1) is 6.42 Å². The van der Waals surface area contributed by atoms with Gasteiger partial charge in [-0.2, -0.15) is 0 Å². The van der Waals surface area contributed by atoms with Crippen molar-refractivity contribution in [3.63, 3.8) is 0 Å². The first-order valence-electron chi connectivity index (χ1n) is 10.5. The minimum Gasteiger partial charge on any atom is -0.369 e. The van der Waals surface area contributed by atoms with Gasteiger partial charge in [0.1, 0.15) is 0 Å². The minimum absolute atomic E-state index is 0.0210. The van der Waals surface area contributed by atoms with Gasteiger partial charge in [0.2, 0.25) is 5.91 Å². The minimum atomic E-state index is 0.0210. The molecule has 0 atom stereocenters. The van der Waals surface area contributed by atoms with E-state index in [-0.39, 0.29) is 5.91 Å². The van der Waals surface area contributed by atoms with Gasteiger partial charge in [0, 0.05) is 37.6 Å². The van der Waals surface area contributed by atoms with E-state index < -0.39 is 0 Å². The normalized spacial score (nSPS) is 14.9. The summed E-state index contributed by atoms with van der Waals surface area (Å²) in [7, 11) is 0. The summed E-state index contributed by atoms with van der Waals surface area (Å²) in [6.45, 7) is 9.74. The van der Waals surface area contributed by atoms with Crippen LogP contribution in [-0.2, 0) is 11.2 Å². The number of nitrogens with zero attached hydrogens (tertiary/aromatic N) is 2. The van der Waals surface area contributed by atoms with E-state index in [0.29, 0.717) is 6.42 Å². The number of anilines is 2. The Kier molecular flexibility index (Phi) is 5.81. The quantitative estimate of drug-likeness (QED) is 0.702. The first-order chi connectivity index (χ1) is 14.1. The highest BCUT2D eigenvalue weighted by atomic mass is 16.1. The Morgan fingerprint density at radius 1 is 0.931 bits per heavy atom. The number of fused-ring (bicyclic) bond motifs is 1. The van der Waals surface area contributed by atoms with Crippen molar-refractivity contribution < 1.29 is 4.79 Å². The monoisotopic (exact) mass is 387 g/mol. The molecule has 1 saturated heterocycles. The van der Waals surface area contributed by atoms with Crippen LogP contribution in [0.5, 0.6) is 0 Å². The zero-order valence-corrected chi connectivity index (χ0v) is 17.3. The molecular formula is C25H29N3O. The number of amides is 1. The first-order valence-corrected chi connectivity index (χ1v) is 10.5. The lowest BCUT2D eigenvalue weighted by molar-refractivity contribution is -0.115. The van der Waals surface area contributed by atoms with E-state index in [4.69, 9.17) is 0 Å². The van der Waals surface area contributed by atoms with E-state index in [2.05, 4.69) is 65.4 Å². The van der Waals surface area contributed by atoms with Gasteiger partial charge in [-0.15, -0.1) is 0 Å². The van der Waals surface area contributed by atoms with Crippen LogP contribution in [0.25, 0.3) is 10.8 Å². The lowest BCUT2D eigenvalue weighted by Gasteiger charge is -2.35. The number of hydrogen-bond donors (Lipinski definition) is 1. The summed E-state index contributed by atoms with van der Waals surface area (Å²) in [5.74, 6) is 0.0210. The van der Waals surface area contributed by atoms with Gasteiger partial charge in [0.15, 0.2) is 0 Å². The molecule has 3 aromatic carbocycles. The second-order valence-corrected chi connectivity index (χ2v) is 7.83. The molecule has 150 valence electrons. The third kappa shape index (κ3) is 4.60. The largest absolute Gasteiger partial charge is 0.369 e. The van der Waals surface area contributed by atoms with Crippen molar-refractivity contribution in [3.05, 3.63) is 71.8 Å². The molecule has 1 amide bonds. The van der Waals surface area contributed by atoms with Crippen molar-refractivity contribution in [1.82, 2.24) is 4.90 Å². The molecule has 29 heavy (non-hydrogen) atoms. The molecule has 0 aromatic heterocycles. The molecule has 4 nitrogen and oxygen atoms in total. The van der Waals surface area contributed by atoms with E-state index in [9.17, 15) is 4.79 Å². The van der Waals surface area contributed by atoms with E-state index >= 15 is 0 Å². The molecule has 0 radical (unpaired) electrons. The molecule has 1 heterocycles. The molecule has 1 fully saturated rings. The number of hydrogen-bond acceptors (Lipinski definition) is 3. The summed E-state index contributed by atoms with van der Waals surface area (Å²) in [4.78, 5) is 17.5. The maximum absolute atomic E-state index is 12.6.